The molecule has 7 heteroatoms. The zero-order valence-electron chi connectivity index (χ0n) is 15.6. The maximum absolute atomic E-state index is 12.3. The number of carbonyl (C=O) groups excluding carboxylic acids is 2. The van der Waals surface area contributed by atoms with Gasteiger partial charge in [-0.15, -0.1) is 0 Å². The Bertz CT molecular complexity index is 741. The quantitative estimate of drug-likeness (QED) is 0.751. The fraction of sp³-hybridized carbons (Fsp3) is 0.579. The van der Waals surface area contributed by atoms with Crippen molar-refractivity contribution < 1.29 is 18.0 Å². The van der Waals surface area contributed by atoms with Crippen LogP contribution in [0.5, 0.6) is 0 Å². The number of nitrogens with one attached hydrogen (secondary N) is 2. The fourth-order valence-corrected chi connectivity index (χ4v) is 4.96. The SMILES string of the molecule is CCCC(=O)N[C@H]1CS(=O)(=O)C[C@H]1NC(=O)Cc1ccc(C(C)C)cc1. The molecular weight excluding hydrogens is 352 g/mol. The number of hydrogen-bond acceptors (Lipinski definition) is 4. The predicted octanol–water partition coefficient (Wildman–Crippen LogP) is 1.55. The Morgan fingerprint density at radius 1 is 1.04 bits per heavy atom. The van der Waals surface area contributed by atoms with Crippen molar-refractivity contribution in [3.63, 3.8) is 0 Å². The molecule has 0 saturated carbocycles. The van der Waals surface area contributed by atoms with Gasteiger partial charge in [-0.25, -0.2) is 8.42 Å². The van der Waals surface area contributed by atoms with Gasteiger partial charge in [0.15, 0.2) is 9.84 Å². The largest absolute Gasteiger partial charge is 0.350 e. The average Bonchev–Trinajstić information content (AvgIpc) is 2.81. The number of amides is 2. The zero-order valence-corrected chi connectivity index (χ0v) is 16.4. The van der Waals surface area contributed by atoms with Gasteiger partial charge in [-0.1, -0.05) is 45.0 Å². The molecular formula is C19H28N2O4S. The molecule has 0 radical (unpaired) electrons. The number of hydrogen-bond donors (Lipinski definition) is 2. The summed E-state index contributed by atoms with van der Waals surface area (Å²) in [4.78, 5) is 24.1. The Morgan fingerprint density at radius 2 is 1.58 bits per heavy atom. The first-order valence-corrected chi connectivity index (χ1v) is 10.9. The smallest absolute Gasteiger partial charge is 0.224 e. The summed E-state index contributed by atoms with van der Waals surface area (Å²) < 4.78 is 23.9. The number of benzene rings is 1. The molecule has 2 atom stereocenters. The van der Waals surface area contributed by atoms with E-state index < -0.39 is 21.9 Å². The van der Waals surface area contributed by atoms with Crippen LogP contribution in [0.1, 0.15) is 50.7 Å². The van der Waals surface area contributed by atoms with Gasteiger partial charge in [0.05, 0.1) is 30.0 Å². The first-order valence-electron chi connectivity index (χ1n) is 9.08. The minimum Gasteiger partial charge on any atom is -0.350 e. The summed E-state index contributed by atoms with van der Waals surface area (Å²) in [5.41, 5.74) is 2.08. The maximum atomic E-state index is 12.3. The Kier molecular flexibility index (Phi) is 6.81. The highest BCUT2D eigenvalue weighted by Crippen LogP contribution is 2.16. The Balaban J connectivity index is 1.97. The van der Waals surface area contributed by atoms with E-state index >= 15 is 0 Å². The van der Waals surface area contributed by atoms with Crippen molar-refractivity contribution in [2.24, 2.45) is 0 Å². The number of rotatable bonds is 7. The van der Waals surface area contributed by atoms with Gasteiger partial charge in [0.25, 0.3) is 0 Å². The van der Waals surface area contributed by atoms with Crippen molar-refractivity contribution in [2.45, 2.75) is 58.0 Å². The van der Waals surface area contributed by atoms with E-state index in [9.17, 15) is 18.0 Å². The molecule has 1 aromatic carbocycles. The van der Waals surface area contributed by atoms with Crippen molar-refractivity contribution in [3.8, 4) is 0 Å². The normalized spacial score (nSPS) is 21.5. The summed E-state index contributed by atoms with van der Waals surface area (Å²) in [7, 11) is -3.27. The number of sulfone groups is 1. The Labute approximate surface area is 155 Å². The van der Waals surface area contributed by atoms with Crippen LogP contribution >= 0.6 is 0 Å². The molecule has 144 valence electrons. The third-order valence-electron chi connectivity index (χ3n) is 4.53. The molecule has 2 amide bonds. The summed E-state index contributed by atoms with van der Waals surface area (Å²) in [5.74, 6) is -0.259. The van der Waals surface area contributed by atoms with Gasteiger partial charge >= 0.3 is 0 Å². The molecule has 1 aliphatic rings. The van der Waals surface area contributed by atoms with Gasteiger partial charge in [0.2, 0.25) is 11.8 Å². The lowest BCUT2D eigenvalue weighted by Crippen LogP contribution is -2.51. The third-order valence-corrected chi connectivity index (χ3v) is 6.27. The van der Waals surface area contributed by atoms with E-state index in [0.717, 1.165) is 5.56 Å². The minimum absolute atomic E-state index is 0.128. The van der Waals surface area contributed by atoms with E-state index in [2.05, 4.69) is 24.5 Å². The van der Waals surface area contributed by atoms with Crippen molar-refractivity contribution in [3.05, 3.63) is 35.4 Å². The molecule has 1 aliphatic heterocycles. The lowest BCUT2D eigenvalue weighted by Gasteiger charge is -2.20. The van der Waals surface area contributed by atoms with Crippen LogP contribution < -0.4 is 10.6 Å². The lowest BCUT2D eigenvalue weighted by molar-refractivity contribution is -0.123. The second-order valence-corrected chi connectivity index (χ2v) is 9.40. The van der Waals surface area contributed by atoms with Gasteiger partial charge in [-0.05, 0) is 23.5 Å². The summed E-state index contributed by atoms with van der Waals surface area (Å²) in [6.07, 6.45) is 1.22. The van der Waals surface area contributed by atoms with E-state index in [1.165, 1.54) is 5.56 Å². The summed E-state index contributed by atoms with van der Waals surface area (Å²) in [6, 6.07) is 6.69. The molecule has 2 rings (SSSR count). The summed E-state index contributed by atoms with van der Waals surface area (Å²) >= 11 is 0. The molecule has 1 fully saturated rings. The zero-order chi connectivity index (χ0) is 19.3. The van der Waals surface area contributed by atoms with Crippen LogP contribution in [0.3, 0.4) is 0 Å². The second kappa shape index (κ2) is 8.66. The third kappa shape index (κ3) is 5.83. The Morgan fingerprint density at radius 3 is 2.08 bits per heavy atom. The highest BCUT2D eigenvalue weighted by molar-refractivity contribution is 7.91. The topological polar surface area (TPSA) is 92.3 Å². The highest BCUT2D eigenvalue weighted by atomic mass is 32.2. The molecule has 0 aromatic heterocycles. The second-order valence-electron chi connectivity index (χ2n) is 7.25. The lowest BCUT2D eigenvalue weighted by atomic mass is 10.0. The van der Waals surface area contributed by atoms with Crippen LogP contribution in [0.4, 0.5) is 0 Å². The minimum atomic E-state index is -3.27. The molecule has 1 saturated heterocycles. The van der Waals surface area contributed by atoms with Crippen LogP contribution in [-0.2, 0) is 25.8 Å². The number of carbonyl (C=O) groups is 2. The molecule has 0 unspecified atom stereocenters. The van der Waals surface area contributed by atoms with E-state index in [4.69, 9.17) is 0 Å². The molecule has 0 spiro atoms. The Hall–Kier alpha value is -1.89. The van der Waals surface area contributed by atoms with Crippen molar-refractivity contribution in [1.82, 2.24) is 10.6 Å². The van der Waals surface area contributed by atoms with Crippen molar-refractivity contribution in [1.29, 1.82) is 0 Å². The van der Waals surface area contributed by atoms with Gasteiger partial charge in [-0.2, -0.15) is 0 Å². The molecule has 0 bridgehead atoms. The van der Waals surface area contributed by atoms with Crippen LogP contribution in [0.2, 0.25) is 0 Å². The average molecular weight is 381 g/mol. The van der Waals surface area contributed by atoms with E-state index in [1.807, 2.05) is 31.2 Å². The standard InChI is InChI=1S/C19H28N2O4S/c1-4-5-18(22)20-16-11-26(24,25)12-17(16)21-19(23)10-14-6-8-15(9-7-14)13(2)3/h6-9,13,16-17H,4-5,10-12H2,1-3H3,(H,20,22)(H,21,23)/t16-,17+/m0/s1. The maximum Gasteiger partial charge on any atom is 0.224 e. The summed E-state index contributed by atoms with van der Waals surface area (Å²) in [5, 5.41) is 5.53. The fourth-order valence-electron chi connectivity index (χ4n) is 3.10. The molecule has 0 aliphatic carbocycles. The van der Waals surface area contributed by atoms with E-state index in [1.54, 1.807) is 0 Å². The van der Waals surface area contributed by atoms with Crippen LogP contribution in [0, 0.1) is 0 Å². The van der Waals surface area contributed by atoms with Gasteiger partial charge in [-0.3, -0.25) is 9.59 Å². The molecule has 1 heterocycles. The highest BCUT2D eigenvalue weighted by Gasteiger charge is 2.39. The molecule has 2 N–H and O–H groups in total. The van der Waals surface area contributed by atoms with Crippen molar-refractivity contribution in [2.75, 3.05) is 11.5 Å². The van der Waals surface area contributed by atoms with Crippen LogP contribution in [0.15, 0.2) is 24.3 Å². The first-order chi connectivity index (χ1) is 12.2. The van der Waals surface area contributed by atoms with E-state index in [-0.39, 0.29) is 29.7 Å². The predicted molar refractivity (Wildman–Crippen MR) is 102 cm³/mol. The van der Waals surface area contributed by atoms with Crippen LogP contribution in [0.25, 0.3) is 0 Å². The first kappa shape index (κ1) is 20.4. The van der Waals surface area contributed by atoms with E-state index in [0.29, 0.717) is 18.8 Å². The van der Waals surface area contributed by atoms with Gasteiger partial charge < -0.3 is 10.6 Å². The monoisotopic (exact) mass is 380 g/mol. The molecule has 26 heavy (non-hydrogen) atoms. The van der Waals surface area contributed by atoms with Crippen LogP contribution in [-0.4, -0.2) is 43.8 Å². The van der Waals surface area contributed by atoms with Crippen molar-refractivity contribution >= 4 is 21.7 Å². The molecule has 6 nitrogen and oxygen atoms in total. The van der Waals surface area contributed by atoms with Gasteiger partial charge in [0.1, 0.15) is 0 Å². The molecule has 1 aromatic rings. The van der Waals surface area contributed by atoms with Gasteiger partial charge in [0, 0.05) is 6.42 Å². The summed E-state index contributed by atoms with van der Waals surface area (Å²) in [6.45, 7) is 6.10.